The van der Waals surface area contributed by atoms with Gasteiger partial charge in [0.1, 0.15) is 0 Å². The Labute approximate surface area is 96.4 Å². The first kappa shape index (κ1) is 12.4. The van der Waals surface area contributed by atoms with E-state index in [1.54, 1.807) is 11.3 Å². The summed E-state index contributed by atoms with van der Waals surface area (Å²) in [5, 5.41) is 4.70. The minimum Gasteiger partial charge on any atom is -0.309 e. The molecule has 15 heavy (non-hydrogen) atoms. The van der Waals surface area contributed by atoms with Gasteiger partial charge in [-0.05, 0) is 32.7 Å². The van der Waals surface area contributed by atoms with Crippen LogP contribution in [-0.2, 0) is 0 Å². The van der Waals surface area contributed by atoms with Gasteiger partial charge in [0.05, 0.1) is 5.01 Å². The summed E-state index contributed by atoms with van der Waals surface area (Å²) in [5.41, 5.74) is 0. The van der Waals surface area contributed by atoms with Crippen molar-refractivity contribution in [3.63, 3.8) is 0 Å². The first-order chi connectivity index (χ1) is 7.27. The van der Waals surface area contributed by atoms with Crippen LogP contribution in [0.5, 0.6) is 0 Å². The lowest BCUT2D eigenvalue weighted by molar-refractivity contribution is 0.509. The Morgan fingerprint density at radius 3 is 3.00 bits per heavy atom. The van der Waals surface area contributed by atoms with Crippen molar-refractivity contribution in [2.75, 3.05) is 6.54 Å². The molecule has 1 rings (SSSR count). The molecule has 1 heterocycles. The maximum atomic E-state index is 4.31. The van der Waals surface area contributed by atoms with Gasteiger partial charge in [0.2, 0.25) is 0 Å². The van der Waals surface area contributed by atoms with Gasteiger partial charge < -0.3 is 5.32 Å². The van der Waals surface area contributed by atoms with Gasteiger partial charge in [0.15, 0.2) is 0 Å². The number of thiazole rings is 1. The molecule has 0 radical (unpaired) electrons. The van der Waals surface area contributed by atoms with E-state index in [0.717, 1.165) is 24.4 Å². The van der Waals surface area contributed by atoms with Crippen molar-refractivity contribution in [3.8, 4) is 0 Å². The van der Waals surface area contributed by atoms with Gasteiger partial charge in [0, 0.05) is 17.1 Å². The highest BCUT2D eigenvalue weighted by Gasteiger charge is 2.11. The summed E-state index contributed by atoms with van der Waals surface area (Å²) in [6.45, 7) is 9.08. The highest BCUT2D eigenvalue weighted by molar-refractivity contribution is 7.11. The van der Waals surface area contributed by atoms with Crippen molar-refractivity contribution < 1.29 is 0 Å². The van der Waals surface area contributed by atoms with Gasteiger partial charge in [-0.3, -0.25) is 0 Å². The molecule has 1 N–H and O–H groups in total. The Morgan fingerprint density at radius 2 is 2.47 bits per heavy atom. The highest BCUT2D eigenvalue weighted by atomic mass is 32.1. The van der Waals surface area contributed by atoms with E-state index < -0.39 is 0 Å². The Hall–Kier alpha value is -0.670. The predicted octanol–water partition coefficient (Wildman–Crippen LogP) is 3.46. The third kappa shape index (κ3) is 4.14. The van der Waals surface area contributed by atoms with E-state index in [1.165, 1.54) is 11.3 Å². The fraction of sp³-hybridized carbons (Fsp3) is 0.583. The second-order valence-electron chi connectivity index (χ2n) is 3.65. The molecule has 0 aromatic carbocycles. The molecule has 0 fully saturated rings. The Kier molecular flexibility index (Phi) is 5.58. The summed E-state index contributed by atoms with van der Waals surface area (Å²) in [5.74, 6) is 0. The van der Waals surface area contributed by atoms with Crippen LogP contribution in [0.2, 0.25) is 0 Å². The average Bonchev–Trinajstić information content (AvgIpc) is 2.65. The molecule has 1 aromatic heterocycles. The molecule has 0 saturated heterocycles. The molecule has 0 aliphatic heterocycles. The average molecular weight is 224 g/mol. The lowest BCUT2D eigenvalue weighted by Crippen LogP contribution is -2.21. The van der Waals surface area contributed by atoms with Crippen LogP contribution in [0.15, 0.2) is 18.9 Å². The molecule has 0 spiro atoms. The zero-order valence-corrected chi connectivity index (χ0v) is 10.4. The van der Waals surface area contributed by atoms with E-state index in [2.05, 4.69) is 30.7 Å². The third-order valence-corrected chi connectivity index (χ3v) is 3.31. The largest absolute Gasteiger partial charge is 0.309 e. The SMILES string of the molecule is C=CCCC(NCCC)c1cnc(C)s1. The molecule has 0 amide bonds. The highest BCUT2D eigenvalue weighted by Crippen LogP contribution is 2.24. The molecule has 1 atom stereocenters. The van der Waals surface area contributed by atoms with Gasteiger partial charge in [-0.1, -0.05) is 13.0 Å². The number of rotatable bonds is 7. The van der Waals surface area contributed by atoms with Gasteiger partial charge in [-0.25, -0.2) is 4.98 Å². The molecule has 1 unspecified atom stereocenters. The van der Waals surface area contributed by atoms with Crippen LogP contribution in [0.4, 0.5) is 0 Å². The van der Waals surface area contributed by atoms with E-state index in [4.69, 9.17) is 0 Å². The third-order valence-electron chi connectivity index (χ3n) is 2.28. The standard InChI is InChI=1S/C12H20N2S/c1-4-6-7-11(13-8-5-2)12-9-14-10(3)15-12/h4,9,11,13H,1,5-8H2,2-3H3. The van der Waals surface area contributed by atoms with Crippen LogP contribution < -0.4 is 5.32 Å². The van der Waals surface area contributed by atoms with E-state index >= 15 is 0 Å². The lowest BCUT2D eigenvalue weighted by Gasteiger charge is -2.15. The number of nitrogens with zero attached hydrogens (tertiary/aromatic N) is 1. The Bertz CT molecular complexity index is 294. The molecule has 0 aliphatic carbocycles. The van der Waals surface area contributed by atoms with Crippen molar-refractivity contribution >= 4 is 11.3 Å². The molecule has 0 saturated carbocycles. The van der Waals surface area contributed by atoms with Crippen molar-refractivity contribution in [2.24, 2.45) is 0 Å². The monoisotopic (exact) mass is 224 g/mol. The van der Waals surface area contributed by atoms with Crippen LogP contribution in [0, 0.1) is 6.92 Å². The van der Waals surface area contributed by atoms with E-state index in [1.807, 2.05) is 12.3 Å². The van der Waals surface area contributed by atoms with Crippen LogP contribution >= 0.6 is 11.3 Å². The summed E-state index contributed by atoms with van der Waals surface area (Å²) in [4.78, 5) is 5.66. The van der Waals surface area contributed by atoms with Gasteiger partial charge in [-0.15, -0.1) is 17.9 Å². The van der Waals surface area contributed by atoms with Crippen molar-refractivity contribution in [2.45, 2.75) is 39.2 Å². The maximum absolute atomic E-state index is 4.31. The van der Waals surface area contributed by atoms with Crippen LogP contribution in [0.25, 0.3) is 0 Å². The number of hydrogen-bond donors (Lipinski definition) is 1. The summed E-state index contributed by atoms with van der Waals surface area (Å²) < 4.78 is 0. The van der Waals surface area contributed by atoms with Crippen LogP contribution in [-0.4, -0.2) is 11.5 Å². The topological polar surface area (TPSA) is 24.9 Å². The maximum Gasteiger partial charge on any atom is 0.0897 e. The fourth-order valence-corrected chi connectivity index (χ4v) is 2.38. The zero-order chi connectivity index (χ0) is 11.1. The number of nitrogens with one attached hydrogen (secondary N) is 1. The smallest absolute Gasteiger partial charge is 0.0897 e. The molecule has 0 bridgehead atoms. The summed E-state index contributed by atoms with van der Waals surface area (Å²) in [6.07, 6.45) is 7.32. The Balaban J connectivity index is 2.58. The normalized spacial score (nSPS) is 12.7. The first-order valence-electron chi connectivity index (χ1n) is 5.54. The molecule has 3 heteroatoms. The fourth-order valence-electron chi connectivity index (χ4n) is 1.49. The van der Waals surface area contributed by atoms with Crippen molar-refractivity contribution in [1.29, 1.82) is 0 Å². The lowest BCUT2D eigenvalue weighted by atomic mass is 10.1. The summed E-state index contributed by atoms with van der Waals surface area (Å²) in [6, 6.07) is 0.453. The van der Waals surface area contributed by atoms with Gasteiger partial charge >= 0.3 is 0 Å². The van der Waals surface area contributed by atoms with Crippen LogP contribution in [0.3, 0.4) is 0 Å². The molecule has 0 aliphatic rings. The number of aromatic nitrogens is 1. The minimum absolute atomic E-state index is 0.453. The number of hydrogen-bond acceptors (Lipinski definition) is 3. The number of aryl methyl sites for hydroxylation is 1. The van der Waals surface area contributed by atoms with E-state index in [0.29, 0.717) is 6.04 Å². The molecular formula is C12H20N2S. The quantitative estimate of drug-likeness (QED) is 0.717. The van der Waals surface area contributed by atoms with Crippen LogP contribution in [0.1, 0.15) is 42.1 Å². The van der Waals surface area contributed by atoms with Gasteiger partial charge in [-0.2, -0.15) is 0 Å². The van der Waals surface area contributed by atoms with E-state index in [-0.39, 0.29) is 0 Å². The molecule has 1 aromatic rings. The molecular weight excluding hydrogens is 204 g/mol. The summed E-state index contributed by atoms with van der Waals surface area (Å²) in [7, 11) is 0. The van der Waals surface area contributed by atoms with E-state index in [9.17, 15) is 0 Å². The minimum atomic E-state index is 0.453. The molecule has 2 nitrogen and oxygen atoms in total. The van der Waals surface area contributed by atoms with Crippen molar-refractivity contribution in [3.05, 3.63) is 28.7 Å². The first-order valence-corrected chi connectivity index (χ1v) is 6.36. The van der Waals surface area contributed by atoms with Gasteiger partial charge in [0.25, 0.3) is 0 Å². The second kappa shape index (κ2) is 6.75. The second-order valence-corrected chi connectivity index (χ2v) is 4.92. The number of allylic oxidation sites excluding steroid dienone is 1. The van der Waals surface area contributed by atoms with Crippen molar-refractivity contribution in [1.82, 2.24) is 10.3 Å². The molecule has 84 valence electrons. The summed E-state index contributed by atoms with van der Waals surface area (Å²) >= 11 is 1.79. The predicted molar refractivity (Wildman–Crippen MR) is 67.3 cm³/mol. The Morgan fingerprint density at radius 1 is 1.67 bits per heavy atom. The zero-order valence-electron chi connectivity index (χ0n) is 9.62.